The Morgan fingerprint density at radius 2 is 2.54 bits per heavy atom. The number of nitrogens with one attached hydrogen (secondary N) is 1. The maximum atomic E-state index is 4.13. The second-order valence-corrected chi connectivity index (χ2v) is 4.13. The van der Waals surface area contributed by atoms with Crippen molar-refractivity contribution in [3.63, 3.8) is 0 Å². The van der Waals surface area contributed by atoms with Crippen LogP contribution in [-0.4, -0.2) is 17.1 Å². The molecule has 0 radical (unpaired) electrons. The van der Waals surface area contributed by atoms with Crippen LogP contribution in [0, 0.1) is 0 Å². The van der Waals surface area contributed by atoms with Crippen LogP contribution >= 0.6 is 0 Å². The molecule has 1 fully saturated rings. The van der Waals surface area contributed by atoms with E-state index in [1.54, 1.807) is 0 Å². The normalized spacial score (nSPS) is 27.8. The molecule has 0 amide bonds. The molecule has 2 heterocycles. The third-order valence-corrected chi connectivity index (χ3v) is 2.77. The monoisotopic (exact) mass is 176 g/mol. The van der Waals surface area contributed by atoms with Gasteiger partial charge >= 0.3 is 0 Å². The van der Waals surface area contributed by atoms with E-state index in [0.29, 0.717) is 5.54 Å². The summed E-state index contributed by atoms with van der Waals surface area (Å²) in [6, 6.07) is 4.16. The second kappa shape index (κ2) is 3.46. The lowest BCUT2D eigenvalue weighted by atomic mass is 9.92. The molecule has 1 atom stereocenters. The highest BCUT2D eigenvalue weighted by molar-refractivity contribution is 5.13. The van der Waals surface area contributed by atoms with Crippen molar-refractivity contribution in [3.05, 3.63) is 30.1 Å². The topological polar surface area (TPSA) is 24.9 Å². The summed E-state index contributed by atoms with van der Waals surface area (Å²) in [6.07, 6.45) is 7.47. The molecule has 1 aromatic rings. The van der Waals surface area contributed by atoms with E-state index in [2.05, 4.69) is 23.3 Å². The molecular weight excluding hydrogens is 160 g/mol. The zero-order chi connectivity index (χ0) is 9.15. The first kappa shape index (κ1) is 8.70. The molecule has 0 spiro atoms. The van der Waals surface area contributed by atoms with E-state index in [9.17, 15) is 0 Å². The van der Waals surface area contributed by atoms with E-state index in [1.807, 2.05) is 18.5 Å². The predicted octanol–water partition coefficient (Wildman–Crippen LogP) is 1.77. The van der Waals surface area contributed by atoms with Crippen molar-refractivity contribution in [1.29, 1.82) is 0 Å². The fraction of sp³-hybridized carbons (Fsp3) is 0.545. The molecule has 0 saturated carbocycles. The van der Waals surface area contributed by atoms with Crippen LogP contribution in [0.15, 0.2) is 24.5 Å². The minimum Gasteiger partial charge on any atom is -0.311 e. The number of nitrogens with zero attached hydrogens (tertiary/aromatic N) is 1. The van der Waals surface area contributed by atoms with Crippen molar-refractivity contribution in [2.24, 2.45) is 0 Å². The van der Waals surface area contributed by atoms with Crippen molar-refractivity contribution in [1.82, 2.24) is 10.3 Å². The maximum absolute atomic E-state index is 4.13. The highest BCUT2D eigenvalue weighted by atomic mass is 15.0. The van der Waals surface area contributed by atoms with E-state index < -0.39 is 0 Å². The van der Waals surface area contributed by atoms with Crippen LogP contribution in [0.1, 0.15) is 25.3 Å². The van der Waals surface area contributed by atoms with Crippen LogP contribution < -0.4 is 5.32 Å². The summed E-state index contributed by atoms with van der Waals surface area (Å²) in [5.74, 6) is 0. The van der Waals surface area contributed by atoms with Gasteiger partial charge in [-0.05, 0) is 44.4 Å². The average molecular weight is 176 g/mol. The lowest BCUT2D eigenvalue weighted by molar-refractivity contribution is 0.412. The lowest BCUT2D eigenvalue weighted by Crippen LogP contribution is -2.38. The first-order chi connectivity index (χ1) is 6.29. The molecule has 2 heteroatoms. The first-order valence-corrected chi connectivity index (χ1v) is 4.92. The standard InChI is InChI=1S/C11H16N2/c1-11(5-3-7-13-11)8-10-4-2-6-12-9-10/h2,4,6,9,13H,3,5,7-8H2,1H3. The zero-order valence-electron chi connectivity index (χ0n) is 8.09. The van der Waals surface area contributed by atoms with Crippen molar-refractivity contribution in [2.45, 2.75) is 31.7 Å². The summed E-state index contributed by atoms with van der Waals surface area (Å²) in [7, 11) is 0. The van der Waals surface area contributed by atoms with Gasteiger partial charge in [-0.25, -0.2) is 0 Å². The molecule has 0 aromatic carbocycles. The summed E-state index contributed by atoms with van der Waals surface area (Å²) < 4.78 is 0. The SMILES string of the molecule is CC1(Cc2cccnc2)CCCN1. The quantitative estimate of drug-likeness (QED) is 0.742. The number of hydrogen-bond acceptors (Lipinski definition) is 2. The van der Waals surface area contributed by atoms with Gasteiger partial charge in [-0.1, -0.05) is 6.07 Å². The van der Waals surface area contributed by atoms with Gasteiger partial charge in [0.1, 0.15) is 0 Å². The molecule has 1 N–H and O–H groups in total. The Labute approximate surface area is 79.4 Å². The smallest absolute Gasteiger partial charge is 0.0300 e. The Morgan fingerprint density at radius 3 is 3.15 bits per heavy atom. The molecule has 2 nitrogen and oxygen atoms in total. The Morgan fingerprint density at radius 1 is 1.62 bits per heavy atom. The molecule has 2 rings (SSSR count). The summed E-state index contributed by atoms with van der Waals surface area (Å²) in [6.45, 7) is 3.46. The minimum atomic E-state index is 0.309. The Hall–Kier alpha value is -0.890. The van der Waals surface area contributed by atoms with Crippen LogP contribution in [0.5, 0.6) is 0 Å². The van der Waals surface area contributed by atoms with Gasteiger partial charge in [-0.2, -0.15) is 0 Å². The predicted molar refractivity (Wildman–Crippen MR) is 53.6 cm³/mol. The summed E-state index contributed by atoms with van der Waals surface area (Å²) in [4.78, 5) is 4.13. The average Bonchev–Trinajstić information content (AvgIpc) is 2.54. The van der Waals surface area contributed by atoms with Crippen molar-refractivity contribution in [3.8, 4) is 0 Å². The van der Waals surface area contributed by atoms with E-state index >= 15 is 0 Å². The van der Waals surface area contributed by atoms with E-state index in [-0.39, 0.29) is 0 Å². The van der Waals surface area contributed by atoms with Crippen molar-refractivity contribution in [2.75, 3.05) is 6.54 Å². The molecule has 0 aliphatic carbocycles. The number of aromatic nitrogens is 1. The third-order valence-electron chi connectivity index (χ3n) is 2.77. The van der Waals surface area contributed by atoms with Crippen LogP contribution in [0.25, 0.3) is 0 Å². The van der Waals surface area contributed by atoms with Gasteiger partial charge in [0.15, 0.2) is 0 Å². The summed E-state index contributed by atoms with van der Waals surface area (Å²) >= 11 is 0. The molecule has 13 heavy (non-hydrogen) atoms. The largest absolute Gasteiger partial charge is 0.311 e. The summed E-state index contributed by atoms with van der Waals surface area (Å²) in [5.41, 5.74) is 1.64. The molecule has 1 aliphatic rings. The Kier molecular flexibility index (Phi) is 2.32. The fourth-order valence-corrected chi connectivity index (χ4v) is 2.06. The van der Waals surface area contributed by atoms with Crippen molar-refractivity contribution < 1.29 is 0 Å². The third kappa shape index (κ3) is 2.07. The fourth-order valence-electron chi connectivity index (χ4n) is 2.06. The van der Waals surface area contributed by atoms with E-state index in [1.165, 1.54) is 18.4 Å². The lowest BCUT2D eigenvalue weighted by Gasteiger charge is -2.23. The van der Waals surface area contributed by atoms with Gasteiger partial charge in [0.2, 0.25) is 0 Å². The van der Waals surface area contributed by atoms with Crippen molar-refractivity contribution >= 4 is 0 Å². The molecule has 70 valence electrons. The van der Waals surface area contributed by atoms with Gasteiger partial charge in [0, 0.05) is 17.9 Å². The van der Waals surface area contributed by atoms with Gasteiger partial charge in [0.05, 0.1) is 0 Å². The number of rotatable bonds is 2. The Balaban J connectivity index is 2.05. The van der Waals surface area contributed by atoms with Gasteiger partial charge in [0.25, 0.3) is 0 Å². The second-order valence-electron chi connectivity index (χ2n) is 4.13. The van der Waals surface area contributed by atoms with Crippen LogP contribution in [-0.2, 0) is 6.42 Å². The van der Waals surface area contributed by atoms with Crippen LogP contribution in [0.2, 0.25) is 0 Å². The van der Waals surface area contributed by atoms with Crippen LogP contribution in [0.4, 0.5) is 0 Å². The number of hydrogen-bond donors (Lipinski definition) is 1. The molecular formula is C11H16N2. The first-order valence-electron chi connectivity index (χ1n) is 4.92. The molecule has 0 bridgehead atoms. The van der Waals surface area contributed by atoms with Gasteiger partial charge in [-0.15, -0.1) is 0 Å². The minimum absolute atomic E-state index is 0.309. The van der Waals surface area contributed by atoms with Gasteiger partial charge in [-0.3, -0.25) is 4.98 Å². The zero-order valence-corrected chi connectivity index (χ0v) is 8.09. The molecule has 1 unspecified atom stereocenters. The maximum Gasteiger partial charge on any atom is 0.0300 e. The molecule has 1 aliphatic heterocycles. The van der Waals surface area contributed by atoms with Gasteiger partial charge < -0.3 is 5.32 Å². The molecule has 1 saturated heterocycles. The Bertz CT molecular complexity index is 263. The highest BCUT2D eigenvalue weighted by Crippen LogP contribution is 2.22. The molecule has 1 aromatic heterocycles. The highest BCUT2D eigenvalue weighted by Gasteiger charge is 2.27. The van der Waals surface area contributed by atoms with E-state index in [4.69, 9.17) is 0 Å². The number of pyridine rings is 1. The summed E-state index contributed by atoms with van der Waals surface area (Å²) in [5, 5.41) is 3.55. The van der Waals surface area contributed by atoms with Crippen LogP contribution in [0.3, 0.4) is 0 Å². The van der Waals surface area contributed by atoms with E-state index in [0.717, 1.165) is 13.0 Å².